The summed E-state index contributed by atoms with van der Waals surface area (Å²) in [6, 6.07) is 6.41. The molecule has 2 aliphatic heterocycles. The lowest BCUT2D eigenvalue weighted by Crippen LogP contribution is -2.51. The van der Waals surface area contributed by atoms with Crippen LogP contribution in [0.4, 0.5) is 10.7 Å². The van der Waals surface area contributed by atoms with Crippen molar-refractivity contribution in [3.8, 4) is 10.6 Å². The van der Waals surface area contributed by atoms with Crippen LogP contribution in [0.3, 0.4) is 0 Å². The fourth-order valence-corrected chi connectivity index (χ4v) is 5.03. The van der Waals surface area contributed by atoms with E-state index < -0.39 is 0 Å². The smallest absolute Gasteiger partial charge is 0.324 e. The number of carbonyl (C=O) groups excluding carboxylic acids is 1. The number of nitrogens with zero attached hydrogens (tertiary/aromatic N) is 5. The van der Waals surface area contributed by atoms with Gasteiger partial charge in [-0.3, -0.25) is 5.32 Å². The number of anilines is 1. The summed E-state index contributed by atoms with van der Waals surface area (Å²) in [4.78, 5) is 23.6. The van der Waals surface area contributed by atoms with E-state index in [9.17, 15) is 4.79 Å². The molecule has 1 aromatic carbocycles. The largest absolute Gasteiger partial charge is 0.328 e. The number of benzene rings is 1. The van der Waals surface area contributed by atoms with Crippen molar-refractivity contribution in [1.29, 1.82) is 0 Å². The molecule has 3 N–H and O–H groups in total. The summed E-state index contributed by atoms with van der Waals surface area (Å²) in [6.45, 7) is 1.93. The summed E-state index contributed by atoms with van der Waals surface area (Å²) in [5.74, 6) is 0.317. The van der Waals surface area contributed by atoms with E-state index >= 15 is 0 Å². The number of aryl methyl sites for hydroxylation is 1. The summed E-state index contributed by atoms with van der Waals surface area (Å²) in [6.07, 6.45) is 5.51. The van der Waals surface area contributed by atoms with Crippen molar-refractivity contribution in [2.24, 2.45) is 5.73 Å². The number of piperidine rings is 1. The number of urea groups is 1. The van der Waals surface area contributed by atoms with Crippen molar-refractivity contribution in [2.45, 2.75) is 50.7 Å². The number of carbonyl (C=O) groups is 1. The minimum Gasteiger partial charge on any atom is -0.328 e. The molecule has 8 nitrogen and oxygen atoms in total. The minimum absolute atomic E-state index is 0.130. The highest BCUT2D eigenvalue weighted by atomic mass is 32.1. The second kappa shape index (κ2) is 6.75. The topological polar surface area (TPSA) is 110 Å². The zero-order valence-electron chi connectivity index (χ0n) is 15.5. The van der Waals surface area contributed by atoms with E-state index in [2.05, 4.69) is 25.5 Å². The van der Waals surface area contributed by atoms with Gasteiger partial charge in [0.2, 0.25) is 5.95 Å². The van der Waals surface area contributed by atoms with Gasteiger partial charge in [0.15, 0.2) is 0 Å². The first-order chi connectivity index (χ1) is 13.6. The second-order valence-electron chi connectivity index (χ2n) is 7.55. The van der Waals surface area contributed by atoms with Crippen molar-refractivity contribution in [3.63, 3.8) is 0 Å². The summed E-state index contributed by atoms with van der Waals surface area (Å²) in [5.41, 5.74) is 7.82. The third-order valence-corrected chi connectivity index (χ3v) is 6.47. The van der Waals surface area contributed by atoms with Gasteiger partial charge in [-0.2, -0.15) is 0 Å². The summed E-state index contributed by atoms with van der Waals surface area (Å²) >= 11 is 1.54. The molecule has 0 unspecified atom stereocenters. The molecule has 0 aliphatic carbocycles. The zero-order valence-corrected chi connectivity index (χ0v) is 16.3. The Morgan fingerprint density at radius 3 is 2.75 bits per heavy atom. The van der Waals surface area contributed by atoms with Crippen molar-refractivity contribution in [1.82, 2.24) is 25.1 Å². The van der Waals surface area contributed by atoms with E-state index in [4.69, 9.17) is 5.73 Å². The van der Waals surface area contributed by atoms with Crippen LogP contribution in [-0.4, -0.2) is 49.2 Å². The molecule has 28 heavy (non-hydrogen) atoms. The van der Waals surface area contributed by atoms with Crippen LogP contribution in [0.5, 0.6) is 0 Å². The maximum atomic E-state index is 12.8. The molecule has 0 saturated carbocycles. The van der Waals surface area contributed by atoms with Crippen molar-refractivity contribution in [2.75, 3.05) is 5.32 Å². The standard InChI is InChI=1S/C19H21N7OS/c1-10-24-25-17(28-10)11-2-3-12-9-21-18(22-16(12)6-11)23-19(27)26-14-4-5-15(26)8-13(20)7-14/h2-3,6,9,13-15H,4-5,7-8,20H2,1H3,(H,21,22,23,27)/t13-,14-,15+. The lowest BCUT2D eigenvalue weighted by Gasteiger charge is -2.37. The summed E-state index contributed by atoms with van der Waals surface area (Å²) in [7, 11) is 0. The molecule has 4 heterocycles. The van der Waals surface area contributed by atoms with E-state index in [0.717, 1.165) is 52.2 Å². The van der Waals surface area contributed by atoms with Crippen LogP contribution in [0.25, 0.3) is 21.5 Å². The van der Waals surface area contributed by atoms with Gasteiger partial charge >= 0.3 is 6.03 Å². The van der Waals surface area contributed by atoms with Crippen molar-refractivity contribution >= 4 is 34.2 Å². The van der Waals surface area contributed by atoms with Crippen molar-refractivity contribution in [3.05, 3.63) is 29.4 Å². The first kappa shape index (κ1) is 17.4. The lowest BCUT2D eigenvalue weighted by atomic mass is 9.99. The Morgan fingerprint density at radius 2 is 2.04 bits per heavy atom. The number of fused-ring (bicyclic) bond motifs is 3. The number of amides is 2. The van der Waals surface area contributed by atoms with Crippen molar-refractivity contribution < 1.29 is 4.79 Å². The first-order valence-electron chi connectivity index (χ1n) is 9.49. The normalized spacial score (nSPS) is 23.9. The molecule has 2 saturated heterocycles. The van der Waals surface area contributed by atoms with Crippen LogP contribution in [0, 0.1) is 6.92 Å². The molecule has 3 aromatic rings. The Balaban J connectivity index is 1.39. The Labute approximate surface area is 166 Å². The van der Waals surface area contributed by atoms with Crippen LogP contribution < -0.4 is 11.1 Å². The van der Waals surface area contributed by atoms with Gasteiger partial charge in [-0.25, -0.2) is 14.8 Å². The molecule has 2 aromatic heterocycles. The Bertz CT molecular complexity index is 1040. The number of nitrogens with one attached hydrogen (secondary N) is 1. The number of hydrogen-bond acceptors (Lipinski definition) is 7. The van der Waals surface area contributed by atoms with Crippen LogP contribution in [0.1, 0.15) is 30.7 Å². The molecule has 0 radical (unpaired) electrons. The lowest BCUT2D eigenvalue weighted by molar-refractivity contribution is 0.150. The fourth-order valence-electron chi connectivity index (χ4n) is 4.34. The van der Waals surface area contributed by atoms with E-state index in [1.807, 2.05) is 30.0 Å². The molecule has 0 spiro atoms. The predicted octanol–water partition coefficient (Wildman–Crippen LogP) is 2.94. The molecule has 144 valence electrons. The monoisotopic (exact) mass is 395 g/mol. The first-order valence-corrected chi connectivity index (χ1v) is 10.3. The molecule has 2 aliphatic rings. The van der Waals surface area contributed by atoms with Crippen LogP contribution in [-0.2, 0) is 0 Å². The SMILES string of the molecule is Cc1nnc(-c2ccc3cnc(NC(=O)N4[C@@H]5CC[C@H]4C[C@H](N)C5)nc3c2)s1. The van der Waals surface area contributed by atoms with Crippen LogP contribution >= 0.6 is 11.3 Å². The summed E-state index contributed by atoms with van der Waals surface area (Å²) < 4.78 is 0. The Kier molecular flexibility index (Phi) is 4.21. The number of rotatable bonds is 2. The van der Waals surface area contributed by atoms with E-state index in [-0.39, 0.29) is 24.2 Å². The molecule has 2 amide bonds. The third kappa shape index (κ3) is 3.10. The zero-order chi connectivity index (χ0) is 19.3. The third-order valence-electron chi connectivity index (χ3n) is 5.58. The van der Waals surface area contributed by atoms with Gasteiger partial charge in [-0.05, 0) is 38.7 Å². The molecule has 5 rings (SSSR count). The molecule has 2 fully saturated rings. The number of aromatic nitrogens is 4. The molecular formula is C19H21N7OS. The van der Waals surface area contributed by atoms with Gasteiger partial charge in [-0.15, -0.1) is 10.2 Å². The average molecular weight is 395 g/mol. The molecule has 3 atom stereocenters. The van der Waals surface area contributed by atoms with Gasteiger partial charge in [-0.1, -0.05) is 23.5 Å². The highest BCUT2D eigenvalue weighted by Gasteiger charge is 2.42. The summed E-state index contributed by atoms with van der Waals surface area (Å²) in [5, 5.41) is 13.8. The quantitative estimate of drug-likeness (QED) is 0.690. The van der Waals surface area contributed by atoms with Gasteiger partial charge in [0.1, 0.15) is 10.0 Å². The minimum atomic E-state index is -0.130. The highest BCUT2D eigenvalue weighted by molar-refractivity contribution is 7.14. The maximum Gasteiger partial charge on any atom is 0.324 e. The molecular weight excluding hydrogens is 374 g/mol. The van der Waals surface area contributed by atoms with Gasteiger partial charge in [0.25, 0.3) is 0 Å². The highest BCUT2D eigenvalue weighted by Crippen LogP contribution is 2.35. The van der Waals surface area contributed by atoms with E-state index in [1.165, 1.54) is 11.3 Å². The van der Waals surface area contributed by atoms with Gasteiger partial charge in [0.05, 0.1) is 5.52 Å². The Hall–Kier alpha value is -2.65. The van der Waals surface area contributed by atoms with Crippen LogP contribution in [0.15, 0.2) is 24.4 Å². The number of hydrogen-bond donors (Lipinski definition) is 2. The fraction of sp³-hybridized carbons (Fsp3) is 0.421. The van der Waals surface area contributed by atoms with E-state index in [1.54, 1.807) is 6.20 Å². The van der Waals surface area contributed by atoms with Gasteiger partial charge < -0.3 is 10.6 Å². The predicted molar refractivity (Wildman–Crippen MR) is 108 cm³/mol. The van der Waals surface area contributed by atoms with Gasteiger partial charge in [0, 0.05) is 35.3 Å². The second-order valence-corrected chi connectivity index (χ2v) is 8.73. The molecule has 2 bridgehead atoms. The van der Waals surface area contributed by atoms with E-state index in [0.29, 0.717) is 5.95 Å². The van der Waals surface area contributed by atoms with Crippen LogP contribution in [0.2, 0.25) is 0 Å². The Morgan fingerprint density at radius 1 is 1.25 bits per heavy atom. The maximum absolute atomic E-state index is 12.8. The number of nitrogens with two attached hydrogens (primary N) is 1. The molecule has 9 heteroatoms. The average Bonchev–Trinajstić information content (AvgIpc) is 3.22.